The zero-order valence-electron chi connectivity index (χ0n) is 9.85. The molecule has 2 aromatic rings. The summed E-state index contributed by atoms with van der Waals surface area (Å²) in [7, 11) is 0. The van der Waals surface area contributed by atoms with Crippen molar-refractivity contribution in [3.8, 4) is 0 Å². The number of fused-ring (bicyclic) bond motifs is 2. The summed E-state index contributed by atoms with van der Waals surface area (Å²) in [6, 6.07) is 14.4. The van der Waals surface area contributed by atoms with Gasteiger partial charge in [0.15, 0.2) is 11.2 Å². The van der Waals surface area contributed by atoms with E-state index in [9.17, 15) is 9.59 Å². The van der Waals surface area contributed by atoms with Crippen LogP contribution in [0.5, 0.6) is 0 Å². The zero-order valence-corrected chi connectivity index (χ0v) is 9.85. The van der Waals surface area contributed by atoms with Crippen LogP contribution in [-0.4, -0.2) is 5.78 Å². The average molecular weight is 236 g/mol. The van der Waals surface area contributed by atoms with E-state index in [1.807, 2.05) is 30.3 Å². The first-order chi connectivity index (χ1) is 8.74. The molecule has 88 valence electrons. The van der Waals surface area contributed by atoms with Gasteiger partial charge in [-0.25, -0.2) is 0 Å². The largest absolute Gasteiger partial charge is 0.294 e. The van der Waals surface area contributed by atoms with Gasteiger partial charge in [-0.2, -0.15) is 0 Å². The van der Waals surface area contributed by atoms with Crippen molar-refractivity contribution in [1.29, 1.82) is 0 Å². The lowest BCUT2D eigenvalue weighted by atomic mass is 10.0. The molecule has 2 heteroatoms. The lowest BCUT2D eigenvalue weighted by Crippen LogP contribution is -2.03. The third kappa shape index (κ3) is 1.86. The fourth-order valence-corrected chi connectivity index (χ4v) is 2.40. The third-order valence-electron chi connectivity index (χ3n) is 3.36. The van der Waals surface area contributed by atoms with Gasteiger partial charge in [0, 0.05) is 12.0 Å². The fourth-order valence-electron chi connectivity index (χ4n) is 2.40. The summed E-state index contributed by atoms with van der Waals surface area (Å²) in [6.45, 7) is 0. The Morgan fingerprint density at radius 3 is 2.11 bits per heavy atom. The van der Waals surface area contributed by atoms with Crippen molar-refractivity contribution in [2.24, 2.45) is 0 Å². The van der Waals surface area contributed by atoms with Crippen molar-refractivity contribution in [3.05, 3.63) is 81.0 Å². The van der Waals surface area contributed by atoms with Crippen LogP contribution in [0.1, 0.15) is 27.0 Å². The van der Waals surface area contributed by atoms with Crippen LogP contribution in [0.15, 0.2) is 53.3 Å². The number of benzene rings is 1. The van der Waals surface area contributed by atoms with Crippen molar-refractivity contribution < 1.29 is 4.79 Å². The maximum Gasteiger partial charge on any atom is 0.178 e. The molecule has 0 fully saturated rings. The molecule has 0 amide bonds. The Labute approximate surface area is 105 Å². The lowest BCUT2D eigenvalue weighted by molar-refractivity contribution is 0.0993. The number of Topliss-reactive ketones (excluding diaryl/α,β-unsaturated/α-hetero) is 1. The van der Waals surface area contributed by atoms with Gasteiger partial charge < -0.3 is 0 Å². The molecule has 2 aromatic carbocycles. The van der Waals surface area contributed by atoms with Crippen LogP contribution in [-0.2, 0) is 12.8 Å². The van der Waals surface area contributed by atoms with Gasteiger partial charge >= 0.3 is 0 Å². The van der Waals surface area contributed by atoms with Gasteiger partial charge in [-0.1, -0.05) is 36.4 Å². The van der Waals surface area contributed by atoms with Crippen LogP contribution >= 0.6 is 0 Å². The van der Waals surface area contributed by atoms with E-state index in [-0.39, 0.29) is 11.2 Å². The molecular formula is C16H12O2. The number of rotatable bonds is 0. The minimum atomic E-state index is -0.0243. The van der Waals surface area contributed by atoms with Crippen molar-refractivity contribution in [1.82, 2.24) is 0 Å². The SMILES string of the molecule is O=C1Cc2ccc(=O)ccc2Cc2ccccc21. The summed E-state index contributed by atoms with van der Waals surface area (Å²) in [5.74, 6) is 0.128. The molecule has 0 aliphatic heterocycles. The van der Waals surface area contributed by atoms with Gasteiger partial charge in [0.25, 0.3) is 0 Å². The van der Waals surface area contributed by atoms with Crippen LogP contribution in [0, 0.1) is 0 Å². The molecule has 18 heavy (non-hydrogen) atoms. The molecule has 2 nitrogen and oxygen atoms in total. The summed E-state index contributed by atoms with van der Waals surface area (Å²) in [4.78, 5) is 23.5. The minimum Gasteiger partial charge on any atom is -0.294 e. The van der Waals surface area contributed by atoms with Gasteiger partial charge in [0.1, 0.15) is 0 Å². The van der Waals surface area contributed by atoms with Gasteiger partial charge in [-0.3, -0.25) is 9.59 Å². The maximum absolute atomic E-state index is 12.2. The second-order valence-electron chi connectivity index (χ2n) is 4.55. The van der Waals surface area contributed by atoms with Crippen molar-refractivity contribution in [3.63, 3.8) is 0 Å². The first-order valence-corrected chi connectivity index (χ1v) is 5.97. The smallest absolute Gasteiger partial charge is 0.178 e. The number of carbonyl (C=O) groups is 1. The first-order valence-electron chi connectivity index (χ1n) is 5.97. The Morgan fingerprint density at radius 2 is 1.33 bits per heavy atom. The van der Waals surface area contributed by atoms with Gasteiger partial charge in [0.05, 0.1) is 0 Å². The highest BCUT2D eigenvalue weighted by atomic mass is 16.1. The van der Waals surface area contributed by atoms with E-state index in [4.69, 9.17) is 0 Å². The second kappa shape index (κ2) is 4.22. The van der Waals surface area contributed by atoms with Crippen LogP contribution in [0.4, 0.5) is 0 Å². The molecule has 0 radical (unpaired) electrons. The predicted molar refractivity (Wildman–Crippen MR) is 70.0 cm³/mol. The summed E-state index contributed by atoms with van der Waals surface area (Å²) in [5.41, 5.74) is 3.84. The highest BCUT2D eigenvalue weighted by Gasteiger charge is 2.18. The van der Waals surface area contributed by atoms with Crippen LogP contribution in [0.3, 0.4) is 0 Å². The normalized spacial score (nSPS) is 13.4. The van der Waals surface area contributed by atoms with Crippen molar-refractivity contribution >= 4 is 5.78 Å². The predicted octanol–water partition coefficient (Wildman–Crippen LogP) is 2.38. The highest BCUT2D eigenvalue weighted by Crippen LogP contribution is 2.23. The molecule has 0 spiro atoms. The lowest BCUT2D eigenvalue weighted by Gasteiger charge is -2.02. The topological polar surface area (TPSA) is 34.1 Å². The van der Waals surface area contributed by atoms with Crippen LogP contribution in [0.25, 0.3) is 0 Å². The molecule has 0 aromatic heterocycles. The van der Waals surface area contributed by atoms with Crippen LogP contribution in [0.2, 0.25) is 0 Å². The molecule has 3 rings (SSSR count). The van der Waals surface area contributed by atoms with Crippen molar-refractivity contribution in [2.45, 2.75) is 12.8 Å². The zero-order chi connectivity index (χ0) is 12.5. The minimum absolute atomic E-state index is 0.0243. The maximum atomic E-state index is 12.2. The molecule has 0 bridgehead atoms. The second-order valence-corrected chi connectivity index (χ2v) is 4.55. The molecule has 1 aliphatic rings. The number of carbonyl (C=O) groups excluding carboxylic acids is 1. The third-order valence-corrected chi connectivity index (χ3v) is 3.36. The van der Waals surface area contributed by atoms with Gasteiger partial charge in [-0.05, 0) is 35.2 Å². The standard InChI is InChI=1S/C16H12O2/c17-14-7-5-11-9-13-3-1-2-4-15(13)16(18)10-12(11)6-8-14/h1-8H,9-10H2. The van der Waals surface area contributed by atoms with E-state index in [1.54, 1.807) is 12.1 Å². The molecule has 0 unspecified atom stereocenters. The Kier molecular flexibility index (Phi) is 2.56. The Hall–Kier alpha value is -2.22. The quantitative estimate of drug-likeness (QED) is 0.703. The Bertz CT molecular complexity index is 687. The van der Waals surface area contributed by atoms with Gasteiger partial charge in [0.2, 0.25) is 0 Å². The van der Waals surface area contributed by atoms with E-state index >= 15 is 0 Å². The average Bonchev–Trinajstić information content (AvgIpc) is 2.62. The fraction of sp³-hybridized carbons (Fsp3) is 0.125. The first kappa shape index (κ1) is 10.9. The van der Waals surface area contributed by atoms with Gasteiger partial charge in [-0.15, -0.1) is 0 Å². The number of hydrogen-bond acceptors (Lipinski definition) is 2. The molecule has 0 N–H and O–H groups in total. The molecule has 0 saturated carbocycles. The highest BCUT2D eigenvalue weighted by molar-refractivity contribution is 5.99. The summed E-state index contributed by atoms with van der Waals surface area (Å²) >= 11 is 0. The van der Waals surface area contributed by atoms with E-state index in [0.717, 1.165) is 22.3 Å². The molecule has 1 aliphatic carbocycles. The summed E-state index contributed by atoms with van der Waals surface area (Å²) in [6.07, 6.45) is 1.09. The Morgan fingerprint density at radius 1 is 0.667 bits per heavy atom. The number of ketones is 1. The van der Waals surface area contributed by atoms with E-state index in [0.29, 0.717) is 12.8 Å². The van der Waals surface area contributed by atoms with Crippen LogP contribution < -0.4 is 5.43 Å². The summed E-state index contributed by atoms with van der Waals surface area (Å²) < 4.78 is 0. The summed E-state index contributed by atoms with van der Waals surface area (Å²) in [5, 5.41) is 0. The monoisotopic (exact) mass is 236 g/mol. The Balaban J connectivity index is 2.22. The van der Waals surface area contributed by atoms with Crippen molar-refractivity contribution in [2.75, 3.05) is 0 Å². The van der Waals surface area contributed by atoms with E-state index in [1.165, 1.54) is 6.07 Å². The van der Waals surface area contributed by atoms with E-state index < -0.39 is 0 Å². The molecule has 0 atom stereocenters. The molecule has 0 saturated heterocycles. The number of hydrogen-bond donors (Lipinski definition) is 0. The molecule has 0 heterocycles. The van der Waals surface area contributed by atoms with E-state index in [2.05, 4.69) is 0 Å². The molecular weight excluding hydrogens is 224 g/mol.